The molecular weight excluding hydrogens is 346 g/mol. The molecule has 0 saturated carbocycles. The Morgan fingerprint density at radius 2 is 2.05 bits per heavy atom. The molecule has 5 heteroatoms. The molecular formula is C14H9BrClNOS. The van der Waals surface area contributed by atoms with Gasteiger partial charge >= 0.3 is 0 Å². The van der Waals surface area contributed by atoms with Crippen LogP contribution in [0.5, 0.6) is 0 Å². The minimum Gasteiger partial charge on any atom is -0.384 e. The van der Waals surface area contributed by atoms with Crippen molar-refractivity contribution < 1.29 is 5.11 Å². The summed E-state index contributed by atoms with van der Waals surface area (Å²) in [5.74, 6) is 0. The third-order valence-electron chi connectivity index (χ3n) is 2.98. The predicted molar refractivity (Wildman–Crippen MR) is 82.8 cm³/mol. The minimum absolute atomic E-state index is 0.642. The first-order valence-corrected chi connectivity index (χ1v) is 7.72. The first-order valence-electron chi connectivity index (χ1n) is 5.61. The van der Waals surface area contributed by atoms with Gasteiger partial charge in [-0.25, -0.2) is 0 Å². The summed E-state index contributed by atoms with van der Waals surface area (Å²) in [5.41, 5.74) is 2.35. The van der Waals surface area contributed by atoms with E-state index in [9.17, 15) is 5.11 Å². The summed E-state index contributed by atoms with van der Waals surface area (Å²) in [6, 6.07) is 7.37. The van der Waals surface area contributed by atoms with Crippen LogP contribution in [0.25, 0.3) is 10.9 Å². The minimum atomic E-state index is -0.713. The van der Waals surface area contributed by atoms with Gasteiger partial charge in [-0.1, -0.05) is 17.7 Å². The molecule has 0 aliphatic carbocycles. The zero-order chi connectivity index (χ0) is 13.4. The fourth-order valence-electron chi connectivity index (χ4n) is 2.03. The van der Waals surface area contributed by atoms with Gasteiger partial charge in [0.2, 0.25) is 0 Å². The zero-order valence-corrected chi connectivity index (χ0v) is 12.8. The number of aliphatic hydroxyl groups excluding tert-OH is 1. The van der Waals surface area contributed by atoms with Crippen molar-refractivity contribution in [1.29, 1.82) is 0 Å². The van der Waals surface area contributed by atoms with Crippen LogP contribution in [0.4, 0.5) is 0 Å². The topological polar surface area (TPSA) is 33.1 Å². The molecule has 2 aromatic heterocycles. The van der Waals surface area contributed by atoms with E-state index in [1.807, 2.05) is 29.0 Å². The van der Waals surface area contributed by atoms with Gasteiger partial charge in [-0.2, -0.15) is 11.3 Å². The second-order valence-corrected chi connectivity index (χ2v) is 6.12. The van der Waals surface area contributed by atoms with Gasteiger partial charge in [0.1, 0.15) is 6.10 Å². The normalized spacial score (nSPS) is 12.8. The Morgan fingerprint density at radius 3 is 2.79 bits per heavy atom. The SMILES string of the molecule is OC(c1cscc1Br)c1ccc(Cl)c2cccnc12. The maximum atomic E-state index is 10.5. The summed E-state index contributed by atoms with van der Waals surface area (Å²) >= 11 is 11.2. The Morgan fingerprint density at radius 1 is 1.21 bits per heavy atom. The largest absolute Gasteiger partial charge is 0.384 e. The number of hydrogen-bond donors (Lipinski definition) is 1. The molecule has 0 aliphatic rings. The van der Waals surface area contributed by atoms with Gasteiger partial charge in [0.15, 0.2) is 0 Å². The average molecular weight is 355 g/mol. The van der Waals surface area contributed by atoms with E-state index in [2.05, 4.69) is 20.9 Å². The molecule has 0 radical (unpaired) electrons. The summed E-state index contributed by atoms with van der Waals surface area (Å²) < 4.78 is 0.907. The van der Waals surface area contributed by atoms with E-state index in [4.69, 9.17) is 11.6 Å². The molecule has 0 bridgehead atoms. The van der Waals surface area contributed by atoms with Gasteiger partial charge in [0.25, 0.3) is 0 Å². The van der Waals surface area contributed by atoms with Gasteiger partial charge in [-0.05, 0) is 39.5 Å². The molecule has 19 heavy (non-hydrogen) atoms. The number of thiophene rings is 1. The second kappa shape index (κ2) is 5.21. The molecule has 3 rings (SSSR count). The van der Waals surface area contributed by atoms with Gasteiger partial charge in [0.05, 0.1) is 5.52 Å². The van der Waals surface area contributed by atoms with Gasteiger partial charge < -0.3 is 5.11 Å². The number of nitrogens with zero attached hydrogens (tertiary/aromatic N) is 1. The number of halogens is 2. The van der Waals surface area contributed by atoms with Crippen LogP contribution in [-0.2, 0) is 0 Å². The maximum Gasteiger partial charge on any atom is 0.108 e. The van der Waals surface area contributed by atoms with Crippen molar-refractivity contribution >= 4 is 49.8 Å². The van der Waals surface area contributed by atoms with Crippen molar-refractivity contribution in [2.24, 2.45) is 0 Å². The number of aromatic nitrogens is 1. The fourth-order valence-corrected chi connectivity index (χ4v) is 3.78. The molecule has 0 fully saturated rings. The summed E-state index contributed by atoms with van der Waals surface area (Å²) in [7, 11) is 0. The second-order valence-electron chi connectivity index (χ2n) is 4.11. The lowest BCUT2D eigenvalue weighted by Crippen LogP contribution is -2.01. The van der Waals surface area contributed by atoms with Gasteiger partial charge in [-0.15, -0.1) is 0 Å². The molecule has 96 valence electrons. The number of pyridine rings is 1. The molecule has 2 heterocycles. The lowest BCUT2D eigenvalue weighted by atomic mass is 10.0. The third-order valence-corrected chi connectivity index (χ3v) is 5.06. The van der Waals surface area contributed by atoms with E-state index in [1.54, 1.807) is 23.6 Å². The summed E-state index contributed by atoms with van der Waals surface area (Å²) in [6.45, 7) is 0. The summed E-state index contributed by atoms with van der Waals surface area (Å²) in [6.07, 6.45) is 0.993. The van der Waals surface area contributed by atoms with Crippen LogP contribution in [0, 0.1) is 0 Å². The van der Waals surface area contributed by atoms with Gasteiger partial charge in [-0.3, -0.25) is 4.98 Å². The quantitative estimate of drug-likeness (QED) is 0.717. The van der Waals surface area contributed by atoms with Crippen molar-refractivity contribution in [3.05, 3.63) is 61.8 Å². The van der Waals surface area contributed by atoms with E-state index < -0.39 is 6.10 Å². The third kappa shape index (κ3) is 2.30. The number of hydrogen-bond acceptors (Lipinski definition) is 3. The number of rotatable bonds is 2. The maximum absolute atomic E-state index is 10.5. The summed E-state index contributed by atoms with van der Waals surface area (Å²) in [4.78, 5) is 4.35. The first kappa shape index (κ1) is 13.1. The number of aliphatic hydroxyl groups is 1. The average Bonchev–Trinajstić information content (AvgIpc) is 2.85. The highest BCUT2D eigenvalue weighted by Gasteiger charge is 2.18. The van der Waals surface area contributed by atoms with Crippen LogP contribution < -0.4 is 0 Å². The van der Waals surface area contributed by atoms with E-state index in [0.29, 0.717) is 5.02 Å². The predicted octanol–water partition coefficient (Wildman–Crippen LogP) is 4.79. The van der Waals surface area contributed by atoms with Crippen LogP contribution in [0.2, 0.25) is 5.02 Å². The van der Waals surface area contributed by atoms with Crippen LogP contribution in [-0.4, -0.2) is 10.1 Å². The molecule has 0 aliphatic heterocycles. The Bertz CT molecular complexity index is 743. The van der Waals surface area contributed by atoms with Crippen molar-refractivity contribution in [3.63, 3.8) is 0 Å². The van der Waals surface area contributed by atoms with Crippen molar-refractivity contribution in [3.8, 4) is 0 Å². The van der Waals surface area contributed by atoms with Crippen LogP contribution >= 0.6 is 38.9 Å². The van der Waals surface area contributed by atoms with E-state index in [1.165, 1.54) is 0 Å². The summed E-state index contributed by atoms with van der Waals surface area (Å²) in [5, 5.41) is 15.9. The van der Waals surface area contributed by atoms with E-state index in [-0.39, 0.29) is 0 Å². The molecule has 1 unspecified atom stereocenters. The van der Waals surface area contributed by atoms with Crippen LogP contribution in [0.15, 0.2) is 45.7 Å². The Kier molecular flexibility index (Phi) is 3.58. The van der Waals surface area contributed by atoms with Crippen molar-refractivity contribution in [2.75, 3.05) is 0 Å². The zero-order valence-electron chi connectivity index (χ0n) is 9.68. The molecule has 0 amide bonds. The molecule has 3 aromatic rings. The molecule has 0 saturated heterocycles. The van der Waals surface area contributed by atoms with Crippen molar-refractivity contribution in [1.82, 2.24) is 4.98 Å². The standard InChI is InChI=1S/C14H9BrClNOS/c15-11-7-19-6-10(11)14(18)9-3-4-12(16)8-2-1-5-17-13(8)9/h1-7,14,18H. The highest BCUT2D eigenvalue weighted by atomic mass is 79.9. The Balaban J connectivity index is 2.21. The molecule has 1 aromatic carbocycles. The molecule has 1 atom stereocenters. The van der Waals surface area contributed by atoms with Crippen LogP contribution in [0.1, 0.15) is 17.2 Å². The van der Waals surface area contributed by atoms with E-state index in [0.717, 1.165) is 26.5 Å². The van der Waals surface area contributed by atoms with Gasteiger partial charge in [0, 0.05) is 37.6 Å². The van der Waals surface area contributed by atoms with E-state index >= 15 is 0 Å². The lowest BCUT2D eigenvalue weighted by molar-refractivity contribution is 0.221. The van der Waals surface area contributed by atoms with Crippen LogP contribution in [0.3, 0.4) is 0 Å². The Labute approximate surface area is 127 Å². The monoisotopic (exact) mass is 353 g/mol. The number of benzene rings is 1. The highest BCUT2D eigenvalue weighted by molar-refractivity contribution is 9.10. The molecule has 1 N–H and O–H groups in total. The first-order chi connectivity index (χ1) is 9.18. The number of fused-ring (bicyclic) bond motifs is 1. The smallest absolute Gasteiger partial charge is 0.108 e. The lowest BCUT2D eigenvalue weighted by Gasteiger charge is -2.13. The van der Waals surface area contributed by atoms with Crippen molar-refractivity contribution in [2.45, 2.75) is 6.10 Å². The highest BCUT2D eigenvalue weighted by Crippen LogP contribution is 2.35. The molecule has 0 spiro atoms. The Hall–Kier alpha value is -0.940. The molecule has 2 nitrogen and oxygen atoms in total. The fraction of sp³-hybridized carbons (Fsp3) is 0.0714.